The summed E-state index contributed by atoms with van der Waals surface area (Å²) < 4.78 is 0. The molecule has 1 fully saturated rings. The second kappa shape index (κ2) is 8.65. The molecule has 0 spiro atoms. The van der Waals surface area contributed by atoms with Crippen LogP contribution in [0.5, 0.6) is 0 Å². The minimum Gasteiger partial charge on any atom is -0.481 e. The van der Waals surface area contributed by atoms with Gasteiger partial charge < -0.3 is 10.4 Å². The Labute approximate surface area is 154 Å². The highest BCUT2D eigenvalue weighted by Crippen LogP contribution is 2.37. The largest absolute Gasteiger partial charge is 0.481 e. The quantitative estimate of drug-likeness (QED) is 0.798. The van der Waals surface area contributed by atoms with E-state index >= 15 is 0 Å². The molecule has 0 aromatic heterocycles. The van der Waals surface area contributed by atoms with E-state index in [-0.39, 0.29) is 12.3 Å². The van der Waals surface area contributed by atoms with Crippen LogP contribution in [0.15, 0.2) is 54.6 Å². The van der Waals surface area contributed by atoms with Crippen molar-refractivity contribution in [1.82, 2.24) is 0 Å². The molecule has 2 N–H and O–H groups in total. The van der Waals surface area contributed by atoms with Crippen LogP contribution in [-0.2, 0) is 16.0 Å². The molecule has 26 heavy (non-hydrogen) atoms. The first-order valence-corrected chi connectivity index (χ1v) is 9.26. The highest BCUT2D eigenvalue weighted by atomic mass is 16.4. The van der Waals surface area contributed by atoms with Gasteiger partial charge in [0.15, 0.2) is 0 Å². The fraction of sp³-hybridized carbons (Fsp3) is 0.364. The van der Waals surface area contributed by atoms with Crippen molar-refractivity contribution in [3.63, 3.8) is 0 Å². The van der Waals surface area contributed by atoms with E-state index in [2.05, 4.69) is 29.6 Å². The van der Waals surface area contributed by atoms with Gasteiger partial charge in [0.25, 0.3) is 0 Å². The predicted octanol–water partition coefficient (Wildman–Crippen LogP) is 4.62. The van der Waals surface area contributed by atoms with Crippen molar-refractivity contribution in [2.45, 2.75) is 44.4 Å². The third kappa shape index (κ3) is 4.94. The number of rotatable bonds is 6. The molecule has 0 atom stereocenters. The average molecular weight is 351 g/mol. The zero-order valence-electron chi connectivity index (χ0n) is 14.9. The van der Waals surface area contributed by atoms with Gasteiger partial charge in [-0.15, -0.1) is 0 Å². The number of carboxylic acids is 1. The van der Waals surface area contributed by atoms with Crippen LogP contribution in [0, 0.1) is 5.92 Å². The van der Waals surface area contributed by atoms with Crippen molar-refractivity contribution in [3.8, 4) is 0 Å². The number of anilines is 1. The van der Waals surface area contributed by atoms with Crippen molar-refractivity contribution in [2.75, 3.05) is 5.32 Å². The van der Waals surface area contributed by atoms with Crippen molar-refractivity contribution < 1.29 is 14.7 Å². The summed E-state index contributed by atoms with van der Waals surface area (Å²) in [5.74, 6) is 0.0883. The molecule has 0 bridgehead atoms. The Hall–Kier alpha value is -2.62. The van der Waals surface area contributed by atoms with Gasteiger partial charge in [-0.3, -0.25) is 9.59 Å². The number of nitrogens with one attached hydrogen (secondary N) is 1. The summed E-state index contributed by atoms with van der Waals surface area (Å²) in [5.41, 5.74) is 2.65. The van der Waals surface area contributed by atoms with Crippen LogP contribution in [-0.4, -0.2) is 17.0 Å². The molecular formula is C22H25NO3. The molecule has 0 heterocycles. The van der Waals surface area contributed by atoms with Gasteiger partial charge in [-0.1, -0.05) is 48.5 Å². The molecule has 4 nitrogen and oxygen atoms in total. The van der Waals surface area contributed by atoms with Crippen molar-refractivity contribution >= 4 is 17.6 Å². The lowest BCUT2D eigenvalue weighted by molar-refractivity contribution is -0.136. The van der Waals surface area contributed by atoms with Crippen LogP contribution in [0.2, 0.25) is 0 Å². The fourth-order valence-electron chi connectivity index (χ4n) is 3.85. The summed E-state index contributed by atoms with van der Waals surface area (Å²) in [4.78, 5) is 23.4. The molecule has 1 amide bonds. The fourth-order valence-corrected chi connectivity index (χ4v) is 3.85. The van der Waals surface area contributed by atoms with Crippen molar-refractivity contribution in [1.29, 1.82) is 0 Å². The lowest BCUT2D eigenvalue weighted by Crippen LogP contribution is -2.21. The SMILES string of the molecule is O=C(O)Cc1ccccc1NC(=O)CC1CCC(c2ccccc2)CC1. The first-order valence-electron chi connectivity index (χ1n) is 9.26. The van der Waals surface area contributed by atoms with E-state index in [1.54, 1.807) is 18.2 Å². The molecule has 2 aromatic carbocycles. The van der Waals surface area contributed by atoms with Crippen molar-refractivity contribution in [3.05, 3.63) is 65.7 Å². The highest BCUT2D eigenvalue weighted by molar-refractivity contribution is 5.92. The zero-order chi connectivity index (χ0) is 18.4. The number of hydrogen-bond acceptors (Lipinski definition) is 2. The summed E-state index contributed by atoms with van der Waals surface area (Å²) in [6, 6.07) is 17.7. The molecule has 2 aromatic rings. The molecule has 0 aliphatic heterocycles. The number of benzene rings is 2. The van der Waals surface area contributed by atoms with E-state index in [0.29, 0.717) is 29.5 Å². The summed E-state index contributed by atoms with van der Waals surface area (Å²) in [6.07, 6.45) is 4.78. The van der Waals surface area contributed by atoms with Gasteiger partial charge in [0.2, 0.25) is 5.91 Å². The maximum absolute atomic E-state index is 12.4. The zero-order valence-corrected chi connectivity index (χ0v) is 14.9. The van der Waals surface area contributed by atoms with Gasteiger partial charge in [-0.25, -0.2) is 0 Å². The topological polar surface area (TPSA) is 66.4 Å². The van der Waals surface area contributed by atoms with Gasteiger partial charge in [-0.2, -0.15) is 0 Å². The molecule has 1 saturated carbocycles. The molecule has 136 valence electrons. The number of amides is 1. The van der Waals surface area contributed by atoms with Crippen LogP contribution in [0.1, 0.15) is 49.1 Å². The van der Waals surface area contributed by atoms with Crippen LogP contribution in [0.25, 0.3) is 0 Å². The third-order valence-corrected chi connectivity index (χ3v) is 5.22. The average Bonchev–Trinajstić information content (AvgIpc) is 2.64. The number of carboxylic acid groups (broad SMARTS) is 1. The molecular weight excluding hydrogens is 326 g/mol. The number of carbonyl (C=O) groups excluding carboxylic acids is 1. The van der Waals surface area contributed by atoms with E-state index in [0.717, 1.165) is 25.7 Å². The standard InChI is InChI=1S/C22H25NO3/c24-21(23-20-9-5-4-8-19(20)15-22(25)26)14-16-10-12-18(13-11-16)17-6-2-1-3-7-17/h1-9,16,18H,10-15H2,(H,23,24)(H,25,26). The number of carbonyl (C=O) groups is 2. The van der Waals surface area contributed by atoms with Crippen LogP contribution >= 0.6 is 0 Å². The lowest BCUT2D eigenvalue weighted by atomic mass is 9.77. The van der Waals surface area contributed by atoms with Gasteiger partial charge in [0.05, 0.1) is 6.42 Å². The summed E-state index contributed by atoms with van der Waals surface area (Å²) in [5, 5.41) is 11.9. The van der Waals surface area contributed by atoms with E-state index in [1.165, 1.54) is 5.56 Å². The Morgan fingerprint density at radius 3 is 2.27 bits per heavy atom. The Bertz CT molecular complexity index is 749. The lowest BCUT2D eigenvalue weighted by Gasteiger charge is -2.28. The normalized spacial score (nSPS) is 19.7. The second-order valence-electron chi connectivity index (χ2n) is 7.11. The second-order valence-corrected chi connectivity index (χ2v) is 7.11. The monoisotopic (exact) mass is 351 g/mol. The smallest absolute Gasteiger partial charge is 0.307 e. The van der Waals surface area contributed by atoms with Gasteiger partial charge >= 0.3 is 5.97 Å². The Morgan fingerprint density at radius 1 is 0.923 bits per heavy atom. The van der Waals surface area contributed by atoms with Gasteiger partial charge in [-0.05, 0) is 54.7 Å². The molecule has 4 heteroatoms. The minimum absolute atomic E-state index is 0.0222. The van der Waals surface area contributed by atoms with E-state index in [9.17, 15) is 9.59 Å². The van der Waals surface area contributed by atoms with Gasteiger partial charge in [0.1, 0.15) is 0 Å². The molecule has 3 rings (SSSR count). The third-order valence-electron chi connectivity index (χ3n) is 5.22. The van der Waals surface area contributed by atoms with Crippen LogP contribution < -0.4 is 5.32 Å². The number of aliphatic carboxylic acids is 1. The molecule has 0 radical (unpaired) electrons. The maximum atomic E-state index is 12.4. The maximum Gasteiger partial charge on any atom is 0.307 e. The van der Waals surface area contributed by atoms with Gasteiger partial charge in [0, 0.05) is 12.1 Å². The number of para-hydroxylation sites is 1. The molecule has 0 unspecified atom stereocenters. The van der Waals surface area contributed by atoms with Crippen molar-refractivity contribution in [2.24, 2.45) is 5.92 Å². The first-order chi connectivity index (χ1) is 12.6. The van der Waals surface area contributed by atoms with E-state index in [4.69, 9.17) is 5.11 Å². The number of hydrogen-bond donors (Lipinski definition) is 2. The summed E-state index contributed by atoms with van der Waals surface area (Å²) in [6.45, 7) is 0. The Morgan fingerprint density at radius 2 is 1.58 bits per heavy atom. The summed E-state index contributed by atoms with van der Waals surface area (Å²) >= 11 is 0. The minimum atomic E-state index is -0.897. The van der Waals surface area contributed by atoms with Crippen LogP contribution in [0.3, 0.4) is 0 Å². The predicted molar refractivity (Wildman–Crippen MR) is 102 cm³/mol. The summed E-state index contributed by atoms with van der Waals surface area (Å²) in [7, 11) is 0. The Kier molecular flexibility index (Phi) is 6.05. The first kappa shape index (κ1) is 18.2. The highest BCUT2D eigenvalue weighted by Gasteiger charge is 2.24. The van der Waals surface area contributed by atoms with E-state index < -0.39 is 5.97 Å². The molecule has 1 aliphatic carbocycles. The Balaban J connectivity index is 1.51. The van der Waals surface area contributed by atoms with Crippen LogP contribution in [0.4, 0.5) is 5.69 Å². The van der Waals surface area contributed by atoms with E-state index in [1.807, 2.05) is 12.1 Å². The molecule has 1 aliphatic rings. The molecule has 0 saturated heterocycles.